The second-order valence-corrected chi connectivity index (χ2v) is 2.96. The Balaban J connectivity index is 2.28. The molecule has 1 aliphatic rings. The lowest BCUT2D eigenvalue weighted by atomic mass is 10.1. The van der Waals surface area contributed by atoms with Gasteiger partial charge >= 0.3 is 5.97 Å². The SMILES string of the molecule is O=C(O)CCC1(O)CCCN1. The Morgan fingerprint density at radius 2 is 2.36 bits per heavy atom. The van der Waals surface area contributed by atoms with Gasteiger partial charge in [-0.05, 0) is 19.4 Å². The zero-order valence-electron chi connectivity index (χ0n) is 6.34. The molecule has 1 fully saturated rings. The fraction of sp³-hybridized carbons (Fsp3) is 0.857. The Bertz CT molecular complexity index is 152. The van der Waals surface area contributed by atoms with Crippen LogP contribution in [0.1, 0.15) is 25.7 Å². The van der Waals surface area contributed by atoms with E-state index >= 15 is 0 Å². The van der Waals surface area contributed by atoms with Gasteiger partial charge in [0.25, 0.3) is 0 Å². The van der Waals surface area contributed by atoms with E-state index in [2.05, 4.69) is 5.32 Å². The Kier molecular flexibility index (Phi) is 2.46. The van der Waals surface area contributed by atoms with E-state index in [0.29, 0.717) is 12.8 Å². The standard InChI is InChI=1S/C7H13NO3/c9-6(10)2-4-7(11)3-1-5-8-7/h8,11H,1-5H2,(H,9,10). The summed E-state index contributed by atoms with van der Waals surface area (Å²) in [6.07, 6.45) is 1.93. The van der Waals surface area contributed by atoms with Crippen LogP contribution in [0.4, 0.5) is 0 Å². The third kappa shape index (κ3) is 2.48. The predicted molar refractivity (Wildman–Crippen MR) is 39.1 cm³/mol. The lowest BCUT2D eigenvalue weighted by molar-refractivity contribution is -0.138. The zero-order chi connectivity index (χ0) is 8.32. The van der Waals surface area contributed by atoms with Crippen LogP contribution in [-0.4, -0.2) is 28.5 Å². The van der Waals surface area contributed by atoms with Crippen LogP contribution in [0.25, 0.3) is 0 Å². The van der Waals surface area contributed by atoms with Crippen molar-refractivity contribution in [3.63, 3.8) is 0 Å². The van der Waals surface area contributed by atoms with E-state index in [-0.39, 0.29) is 6.42 Å². The first kappa shape index (κ1) is 8.49. The van der Waals surface area contributed by atoms with E-state index in [1.54, 1.807) is 0 Å². The maximum atomic E-state index is 10.2. The molecule has 0 aliphatic carbocycles. The molecule has 64 valence electrons. The fourth-order valence-corrected chi connectivity index (χ4v) is 1.32. The van der Waals surface area contributed by atoms with Gasteiger partial charge in [-0.15, -0.1) is 0 Å². The number of aliphatic hydroxyl groups is 1. The molecule has 1 heterocycles. The maximum Gasteiger partial charge on any atom is 0.303 e. The summed E-state index contributed by atoms with van der Waals surface area (Å²) in [5.41, 5.74) is -0.904. The minimum absolute atomic E-state index is 0.0312. The number of carboxylic acid groups (broad SMARTS) is 1. The molecule has 0 saturated carbocycles. The molecule has 11 heavy (non-hydrogen) atoms. The Hall–Kier alpha value is -0.610. The molecule has 1 saturated heterocycles. The summed E-state index contributed by atoms with van der Waals surface area (Å²) in [6, 6.07) is 0. The van der Waals surface area contributed by atoms with Gasteiger partial charge in [-0.1, -0.05) is 0 Å². The van der Waals surface area contributed by atoms with Crippen molar-refractivity contribution in [1.82, 2.24) is 5.32 Å². The van der Waals surface area contributed by atoms with E-state index < -0.39 is 11.7 Å². The molecule has 0 bridgehead atoms. The van der Waals surface area contributed by atoms with Crippen LogP contribution in [0, 0.1) is 0 Å². The number of hydrogen-bond donors (Lipinski definition) is 3. The monoisotopic (exact) mass is 159 g/mol. The Labute approximate surface area is 65.2 Å². The molecule has 0 spiro atoms. The van der Waals surface area contributed by atoms with Crippen molar-refractivity contribution >= 4 is 5.97 Å². The summed E-state index contributed by atoms with van der Waals surface area (Å²) in [6.45, 7) is 0.788. The molecule has 3 N–H and O–H groups in total. The van der Waals surface area contributed by atoms with Gasteiger partial charge in [0.1, 0.15) is 5.72 Å². The molecule has 0 aromatic rings. The predicted octanol–water partition coefficient (Wildman–Crippen LogP) is -0.0768. The van der Waals surface area contributed by atoms with E-state index in [4.69, 9.17) is 5.11 Å². The highest BCUT2D eigenvalue weighted by Crippen LogP contribution is 2.20. The first-order valence-corrected chi connectivity index (χ1v) is 3.82. The van der Waals surface area contributed by atoms with Gasteiger partial charge in [-0.25, -0.2) is 0 Å². The summed E-state index contributed by atoms with van der Waals surface area (Å²) in [7, 11) is 0. The lowest BCUT2D eigenvalue weighted by Crippen LogP contribution is -2.39. The highest BCUT2D eigenvalue weighted by atomic mass is 16.4. The smallest absolute Gasteiger partial charge is 0.303 e. The van der Waals surface area contributed by atoms with Crippen LogP contribution in [0.15, 0.2) is 0 Å². The minimum Gasteiger partial charge on any atom is -0.481 e. The Morgan fingerprint density at radius 1 is 1.64 bits per heavy atom. The molecular weight excluding hydrogens is 146 g/mol. The van der Waals surface area contributed by atoms with Crippen LogP contribution < -0.4 is 5.32 Å². The van der Waals surface area contributed by atoms with Crippen molar-refractivity contribution in [3.8, 4) is 0 Å². The Morgan fingerprint density at radius 3 is 2.82 bits per heavy atom. The van der Waals surface area contributed by atoms with E-state index in [1.165, 1.54) is 0 Å². The largest absolute Gasteiger partial charge is 0.481 e. The van der Waals surface area contributed by atoms with Crippen LogP contribution >= 0.6 is 0 Å². The minimum atomic E-state index is -0.904. The average molecular weight is 159 g/mol. The van der Waals surface area contributed by atoms with Crippen LogP contribution in [0.3, 0.4) is 0 Å². The second-order valence-electron chi connectivity index (χ2n) is 2.96. The van der Waals surface area contributed by atoms with Crippen molar-refractivity contribution in [2.24, 2.45) is 0 Å². The molecule has 1 aliphatic heterocycles. The lowest BCUT2D eigenvalue weighted by Gasteiger charge is -2.21. The van der Waals surface area contributed by atoms with Gasteiger partial charge in [0, 0.05) is 12.8 Å². The van der Waals surface area contributed by atoms with E-state index in [9.17, 15) is 9.90 Å². The van der Waals surface area contributed by atoms with E-state index in [0.717, 1.165) is 13.0 Å². The van der Waals surface area contributed by atoms with Crippen molar-refractivity contribution in [2.75, 3.05) is 6.54 Å². The van der Waals surface area contributed by atoms with Crippen LogP contribution in [-0.2, 0) is 4.79 Å². The number of aliphatic carboxylic acids is 1. The third-order valence-electron chi connectivity index (χ3n) is 1.97. The van der Waals surface area contributed by atoms with Crippen molar-refractivity contribution in [1.29, 1.82) is 0 Å². The molecule has 0 aromatic heterocycles. The number of carboxylic acids is 1. The topological polar surface area (TPSA) is 69.6 Å². The normalized spacial score (nSPS) is 30.6. The van der Waals surface area contributed by atoms with Crippen LogP contribution in [0.2, 0.25) is 0 Å². The molecule has 0 aromatic carbocycles. The molecule has 1 atom stereocenters. The molecule has 1 rings (SSSR count). The summed E-state index contributed by atoms with van der Waals surface area (Å²) in [4.78, 5) is 10.2. The van der Waals surface area contributed by atoms with Gasteiger partial charge in [0.15, 0.2) is 0 Å². The molecule has 1 unspecified atom stereocenters. The first-order chi connectivity index (χ1) is 5.12. The van der Waals surface area contributed by atoms with Gasteiger partial charge < -0.3 is 10.2 Å². The molecular formula is C7H13NO3. The second kappa shape index (κ2) is 3.19. The highest BCUT2D eigenvalue weighted by Gasteiger charge is 2.30. The van der Waals surface area contributed by atoms with Crippen molar-refractivity contribution < 1.29 is 15.0 Å². The molecule has 4 heteroatoms. The summed E-state index contributed by atoms with van der Waals surface area (Å²) >= 11 is 0. The molecule has 0 amide bonds. The number of rotatable bonds is 3. The molecule has 0 radical (unpaired) electrons. The summed E-state index contributed by atoms with van der Waals surface area (Å²) in [5, 5.41) is 20.8. The summed E-state index contributed by atoms with van der Waals surface area (Å²) < 4.78 is 0. The maximum absolute atomic E-state index is 10.2. The van der Waals surface area contributed by atoms with Gasteiger partial charge in [0.05, 0.1) is 0 Å². The van der Waals surface area contributed by atoms with Gasteiger partial charge in [-0.3, -0.25) is 10.1 Å². The fourth-order valence-electron chi connectivity index (χ4n) is 1.32. The first-order valence-electron chi connectivity index (χ1n) is 3.82. The van der Waals surface area contributed by atoms with Crippen molar-refractivity contribution in [2.45, 2.75) is 31.4 Å². The number of hydrogen-bond acceptors (Lipinski definition) is 3. The third-order valence-corrected chi connectivity index (χ3v) is 1.97. The van der Waals surface area contributed by atoms with Gasteiger partial charge in [-0.2, -0.15) is 0 Å². The number of nitrogens with one attached hydrogen (secondary N) is 1. The van der Waals surface area contributed by atoms with Gasteiger partial charge in [0.2, 0.25) is 0 Å². The number of carbonyl (C=O) groups is 1. The average Bonchev–Trinajstić information content (AvgIpc) is 2.33. The molecule has 4 nitrogen and oxygen atoms in total. The van der Waals surface area contributed by atoms with Crippen molar-refractivity contribution in [3.05, 3.63) is 0 Å². The highest BCUT2D eigenvalue weighted by molar-refractivity contribution is 5.66. The quantitative estimate of drug-likeness (QED) is 0.539. The van der Waals surface area contributed by atoms with Crippen LogP contribution in [0.5, 0.6) is 0 Å². The van der Waals surface area contributed by atoms with E-state index in [1.807, 2.05) is 0 Å². The zero-order valence-corrected chi connectivity index (χ0v) is 6.34. The summed E-state index contributed by atoms with van der Waals surface area (Å²) in [5.74, 6) is -0.855.